The van der Waals surface area contributed by atoms with Crippen molar-refractivity contribution in [2.45, 2.75) is 13.0 Å². The summed E-state index contributed by atoms with van der Waals surface area (Å²) in [5.41, 5.74) is 2.03. The Labute approximate surface area is 168 Å². The van der Waals surface area contributed by atoms with E-state index < -0.39 is 12.1 Å². The fourth-order valence-corrected chi connectivity index (χ4v) is 3.17. The molecule has 0 radical (unpaired) electrons. The van der Waals surface area contributed by atoms with Crippen LogP contribution in [-0.4, -0.2) is 33.3 Å². The normalized spacial score (nSPS) is 15.9. The highest BCUT2D eigenvalue weighted by Gasteiger charge is 2.33. The van der Waals surface area contributed by atoms with Crippen molar-refractivity contribution >= 4 is 17.6 Å². The predicted molar refractivity (Wildman–Crippen MR) is 108 cm³/mol. The number of rotatable bonds is 6. The molecule has 0 aromatic heterocycles. The van der Waals surface area contributed by atoms with Crippen LogP contribution < -0.4 is 30.2 Å². The van der Waals surface area contributed by atoms with Crippen LogP contribution >= 0.6 is 0 Å². The lowest BCUT2D eigenvalue weighted by atomic mass is 9.93. The maximum atomic E-state index is 13.1. The van der Waals surface area contributed by atoms with E-state index in [-0.39, 0.29) is 5.91 Å². The average Bonchev–Trinajstić information content (AvgIpc) is 2.73. The molecule has 0 fully saturated rings. The molecule has 1 aliphatic heterocycles. The highest BCUT2D eigenvalue weighted by Crippen LogP contribution is 2.36. The van der Waals surface area contributed by atoms with E-state index in [9.17, 15) is 9.59 Å². The Bertz CT molecular complexity index is 953. The summed E-state index contributed by atoms with van der Waals surface area (Å²) in [6.07, 6.45) is 0. The number of ether oxygens (including phenoxy) is 3. The summed E-state index contributed by atoms with van der Waals surface area (Å²) in [6.45, 7) is 1.68. The molecule has 0 bridgehead atoms. The summed E-state index contributed by atoms with van der Waals surface area (Å²) in [6, 6.07) is 11.1. The molecule has 0 unspecified atom stereocenters. The second-order valence-corrected chi connectivity index (χ2v) is 6.36. The second kappa shape index (κ2) is 8.55. The van der Waals surface area contributed by atoms with E-state index >= 15 is 0 Å². The van der Waals surface area contributed by atoms with Gasteiger partial charge in [0, 0.05) is 16.9 Å². The van der Waals surface area contributed by atoms with Crippen molar-refractivity contribution in [3.05, 3.63) is 59.3 Å². The second-order valence-electron chi connectivity index (χ2n) is 6.36. The van der Waals surface area contributed by atoms with Gasteiger partial charge in [-0.05, 0) is 49.4 Å². The molecule has 1 heterocycles. The predicted octanol–water partition coefficient (Wildman–Crippen LogP) is 2.98. The molecule has 8 nitrogen and oxygen atoms in total. The first kappa shape index (κ1) is 20.1. The van der Waals surface area contributed by atoms with Crippen LogP contribution in [0.2, 0.25) is 0 Å². The fourth-order valence-electron chi connectivity index (χ4n) is 3.17. The third-order valence-electron chi connectivity index (χ3n) is 4.61. The number of carbonyl (C=O) groups is 2. The van der Waals surface area contributed by atoms with Crippen LogP contribution in [0.25, 0.3) is 0 Å². The minimum absolute atomic E-state index is 0.352. The molecule has 0 spiro atoms. The van der Waals surface area contributed by atoms with Crippen molar-refractivity contribution in [2.75, 3.05) is 26.6 Å². The first-order valence-corrected chi connectivity index (χ1v) is 8.92. The van der Waals surface area contributed by atoms with E-state index in [1.54, 1.807) is 63.6 Å². The molecular weight excluding hydrogens is 374 g/mol. The third-order valence-corrected chi connectivity index (χ3v) is 4.61. The monoisotopic (exact) mass is 397 g/mol. The zero-order valence-electron chi connectivity index (χ0n) is 16.7. The van der Waals surface area contributed by atoms with Gasteiger partial charge in [-0.1, -0.05) is 0 Å². The van der Waals surface area contributed by atoms with Gasteiger partial charge in [0.05, 0.1) is 32.9 Å². The van der Waals surface area contributed by atoms with Crippen molar-refractivity contribution < 1.29 is 23.8 Å². The minimum atomic E-state index is -0.716. The molecule has 2 aromatic rings. The number of hydrogen-bond acceptors (Lipinski definition) is 5. The van der Waals surface area contributed by atoms with E-state index in [2.05, 4.69) is 16.0 Å². The average molecular weight is 397 g/mol. The Hall–Kier alpha value is -3.68. The van der Waals surface area contributed by atoms with Gasteiger partial charge in [0.2, 0.25) is 0 Å². The molecule has 29 heavy (non-hydrogen) atoms. The molecule has 3 amide bonds. The number of methoxy groups -OCH3 is 3. The van der Waals surface area contributed by atoms with Crippen LogP contribution in [-0.2, 0) is 4.79 Å². The molecule has 0 saturated carbocycles. The van der Waals surface area contributed by atoms with E-state index in [1.165, 1.54) is 7.11 Å². The molecule has 1 aliphatic rings. The Morgan fingerprint density at radius 2 is 1.62 bits per heavy atom. The quantitative estimate of drug-likeness (QED) is 0.696. The standard InChI is InChI=1S/C21H23N3O5/c1-12-18(20(25)23-13-5-7-14(27-2)8-6-13)19(24-21(26)22-12)16-11-15(28-3)9-10-17(16)29-4/h5-11,19H,1-4H3,(H,23,25)(H2,22,24,26)/t19-/m1/s1. The van der Waals surface area contributed by atoms with Crippen molar-refractivity contribution in [1.82, 2.24) is 10.6 Å². The lowest BCUT2D eigenvalue weighted by Crippen LogP contribution is -2.46. The van der Waals surface area contributed by atoms with Crippen molar-refractivity contribution in [3.8, 4) is 17.2 Å². The molecule has 3 N–H and O–H groups in total. The van der Waals surface area contributed by atoms with Crippen LogP contribution in [0.4, 0.5) is 10.5 Å². The Morgan fingerprint density at radius 3 is 2.24 bits per heavy atom. The maximum Gasteiger partial charge on any atom is 0.319 e. The van der Waals surface area contributed by atoms with Crippen LogP contribution in [0.5, 0.6) is 17.2 Å². The Morgan fingerprint density at radius 1 is 0.966 bits per heavy atom. The molecule has 1 atom stereocenters. The summed E-state index contributed by atoms with van der Waals surface area (Å²) < 4.78 is 15.9. The van der Waals surface area contributed by atoms with Gasteiger partial charge < -0.3 is 30.2 Å². The molecule has 0 aliphatic carbocycles. The first-order chi connectivity index (χ1) is 14.0. The first-order valence-electron chi connectivity index (χ1n) is 8.92. The van der Waals surface area contributed by atoms with Gasteiger partial charge in [0.25, 0.3) is 5.91 Å². The Balaban J connectivity index is 1.98. The van der Waals surface area contributed by atoms with Crippen molar-refractivity contribution in [3.63, 3.8) is 0 Å². The minimum Gasteiger partial charge on any atom is -0.497 e. The van der Waals surface area contributed by atoms with Gasteiger partial charge >= 0.3 is 6.03 Å². The lowest BCUT2D eigenvalue weighted by Gasteiger charge is -2.29. The zero-order chi connectivity index (χ0) is 21.0. The molecule has 2 aromatic carbocycles. The fraction of sp³-hybridized carbons (Fsp3) is 0.238. The summed E-state index contributed by atoms with van der Waals surface area (Å²) in [7, 11) is 4.65. The number of benzene rings is 2. The van der Waals surface area contributed by atoms with Gasteiger partial charge in [-0.25, -0.2) is 4.79 Å². The van der Waals surface area contributed by atoms with E-state index in [0.29, 0.717) is 39.8 Å². The topological polar surface area (TPSA) is 97.9 Å². The summed E-state index contributed by atoms with van der Waals surface area (Å²) in [4.78, 5) is 25.2. The summed E-state index contributed by atoms with van der Waals surface area (Å²) in [5.74, 6) is 1.45. The molecule has 3 rings (SSSR count). The summed E-state index contributed by atoms with van der Waals surface area (Å²) in [5, 5.41) is 8.31. The highest BCUT2D eigenvalue weighted by atomic mass is 16.5. The third kappa shape index (κ3) is 4.26. The lowest BCUT2D eigenvalue weighted by molar-refractivity contribution is -0.113. The van der Waals surface area contributed by atoms with Crippen molar-refractivity contribution in [1.29, 1.82) is 0 Å². The number of amides is 3. The molecular formula is C21H23N3O5. The van der Waals surface area contributed by atoms with Gasteiger partial charge in [-0.2, -0.15) is 0 Å². The number of urea groups is 1. The summed E-state index contributed by atoms with van der Waals surface area (Å²) >= 11 is 0. The highest BCUT2D eigenvalue weighted by molar-refractivity contribution is 6.06. The smallest absolute Gasteiger partial charge is 0.319 e. The number of nitrogens with one attached hydrogen (secondary N) is 3. The van der Waals surface area contributed by atoms with Crippen molar-refractivity contribution in [2.24, 2.45) is 0 Å². The zero-order valence-corrected chi connectivity index (χ0v) is 16.7. The van der Waals surface area contributed by atoms with Crippen LogP contribution in [0, 0.1) is 0 Å². The van der Waals surface area contributed by atoms with E-state index in [1.807, 2.05) is 0 Å². The van der Waals surface area contributed by atoms with E-state index in [0.717, 1.165) is 0 Å². The van der Waals surface area contributed by atoms with Crippen LogP contribution in [0.3, 0.4) is 0 Å². The number of hydrogen-bond donors (Lipinski definition) is 3. The maximum absolute atomic E-state index is 13.1. The number of carbonyl (C=O) groups excluding carboxylic acids is 2. The van der Waals surface area contributed by atoms with E-state index in [4.69, 9.17) is 14.2 Å². The van der Waals surface area contributed by atoms with Crippen LogP contribution in [0.15, 0.2) is 53.7 Å². The van der Waals surface area contributed by atoms with Crippen LogP contribution in [0.1, 0.15) is 18.5 Å². The number of anilines is 1. The molecule has 152 valence electrons. The largest absolute Gasteiger partial charge is 0.497 e. The van der Waals surface area contributed by atoms with Gasteiger partial charge in [0.15, 0.2) is 0 Å². The number of allylic oxidation sites excluding steroid dienone is 1. The van der Waals surface area contributed by atoms with Gasteiger partial charge in [0.1, 0.15) is 17.2 Å². The molecule has 8 heteroatoms. The Kier molecular flexibility index (Phi) is 5.92. The SMILES string of the molecule is COc1ccc(NC(=O)C2=C(C)NC(=O)N[C@@H]2c2cc(OC)ccc2OC)cc1. The van der Waals surface area contributed by atoms with Gasteiger partial charge in [-0.3, -0.25) is 4.79 Å². The molecule has 0 saturated heterocycles. The van der Waals surface area contributed by atoms with Gasteiger partial charge in [-0.15, -0.1) is 0 Å².